The highest BCUT2D eigenvalue weighted by Crippen LogP contribution is 2.24. The van der Waals surface area contributed by atoms with Crippen molar-refractivity contribution in [1.29, 1.82) is 0 Å². The first kappa shape index (κ1) is 18.8. The summed E-state index contributed by atoms with van der Waals surface area (Å²) in [6.45, 7) is 1.98. The van der Waals surface area contributed by atoms with E-state index in [0.717, 1.165) is 16.8 Å². The largest absolute Gasteiger partial charge is 0.324 e. The van der Waals surface area contributed by atoms with Gasteiger partial charge in [-0.05, 0) is 48.7 Å². The molecule has 4 nitrogen and oxygen atoms in total. The van der Waals surface area contributed by atoms with E-state index in [1.807, 2.05) is 55.5 Å². The smallest absolute Gasteiger partial charge is 0.248 e. The summed E-state index contributed by atoms with van der Waals surface area (Å²) >= 11 is 7.50. The number of nitrogens with zero attached hydrogens (tertiary/aromatic N) is 1. The van der Waals surface area contributed by atoms with Gasteiger partial charge in [0.05, 0.1) is 5.88 Å². The van der Waals surface area contributed by atoms with Crippen molar-refractivity contribution in [2.24, 2.45) is 0 Å². The van der Waals surface area contributed by atoms with E-state index in [9.17, 15) is 9.59 Å². The van der Waals surface area contributed by atoms with E-state index in [1.165, 1.54) is 0 Å². The molecular formula is C20H21ClN2O2S. The monoisotopic (exact) mass is 388 g/mol. The summed E-state index contributed by atoms with van der Waals surface area (Å²) in [5.41, 5.74) is 2.91. The minimum Gasteiger partial charge on any atom is -0.324 e. The molecule has 6 heteroatoms. The van der Waals surface area contributed by atoms with Crippen molar-refractivity contribution in [3.8, 4) is 0 Å². The van der Waals surface area contributed by atoms with Crippen molar-refractivity contribution >= 4 is 40.9 Å². The lowest BCUT2D eigenvalue weighted by molar-refractivity contribution is -0.136. The molecule has 2 aromatic carbocycles. The molecule has 1 aliphatic heterocycles. The lowest BCUT2D eigenvalue weighted by Gasteiger charge is -2.23. The Morgan fingerprint density at radius 3 is 2.73 bits per heavy atom. The van der Waals surface area contributed by atoms with E-state index in [0.29, 0.717) is 29.5 Å². The number of hydrogen-bond acceptors (Lipinski definition) is 3. The zero-order valence-corrected chi connectivity index (χ0v) is 16.1. The van der Waals surface area contributed by atoms with Crippen LogP contribution in [0.15, 0.2) is 48.5 Å². The van der Waals surface area contributed by atoms with Crippen LogP contribution in [0, 0.1) is 6.92 Å². The normalized spacial score (nSPS) is 16.5. The van der Waals surface area contributed by atoms with Crippen LogP contribution in [-0.2, 0) is 16.0 Å². The molecule has 2 amide bonds. The van der Waals surface area contributed by atoms with Crippen LogP contribution in [0.25, 0.3) is 0 Å². The fraction of sp³-hybridized carbons (Fsp3) is 0.300. The van der Waals surface area contributed by atoms with Crippen LogP contribution in [0.3, 0.4) is 0 Å². The standard InChI is InChI=1S/C20H21ClN2O2S/c1-14-3-2-4-17(11-14)22-20(25)18-12-26-13-23(18)19(24)10-7-15-5-8-16(21)9-6-15/h2-6,8-9,11,18H,7,10,12-13H2,1H3,(H,22,25). The number of carbonyl (C=O) groups excluding carboxylic acids is 2. The van der Waals surface area contributed by atoms with Gasteiger partial charge in [-0.15, -0.1) is 11.8 Å². The maximum Gasteiger partial charge on any atom is 0.248 e. The SMILES string of the molecule is Cc1cccc(NC(=O)C2CSCN2C(=O)CCc2ccc(Cl)cc2)c1. The summed E-state index contributed by atoms with van der Waals surface area (Å²) in [6, 6.07) is 14.8. The van der Waals surface area contributed by atoms with Gasteiger partial charge in [0.25, 0.3) is 0 Å². The maximum absolute atomic E-state index is 12.6. The zero-order valence-electron chi connectivity index (χ0n) is 14.6. The van der Waals surface area contributed by atoms with Gasteiger partial charge in [0.15, 0.2) is 0 Å². The first-order valence-electron chi connectivity index (χ1n) is 8.52. The summed E-state index contributed by atoms with van der Waals surface area (Å²) in [6.07, 6.45) is 1.03. The Balaban J connectivity index is 1.58. The minimum absolute atomic E-state index is 0.00865. The number of amides is 2. The highest BCUT2D eigenvalue weighted by molar-refractivity contribution is 7.99. The molecular weight excluding hydrogens is 368 g/mol. The third-order valence-corrected chi connectivity index (χ3v) is 5.60. The van der Waals surface area contributed by atoms with Gasteiger partial charge >= 0.3 is 0 Å². The fourth-order valence-electron chi connectivity index (χ4n) is 2.90. The molecule has 1 unspecified atom stereocenters. The minimum atomic E-state index is -0.418. The van der Waals surface area contributed by atoms with Gasteiger partial charge in [-0.1, -0.05) is 35.9 Å². The van der Waals surface area contributed by atoms with E-state index in [1.54, 1.807) is 16.7 Å². The molecule has 0 saturated carbocycles. The number of thioether (sulfide) groups is 1. The summed E-state index contributed by atoms with van der Waals surface area (Å²) < 4.78 is 0. The third kappa shape index (κ3) is 4.80. The first-order valence-corrected chi connectivity index (χ1v) is 10.1. The highest BCUT2D eigenvalue weighted by atomic mass is 35.5. The molecule has 26 heavy (non-hydrogen) atoms. The van der Waals surface area contributed by atoms with Crippen molar-refractivity contribution in [1.82, 2.24) is 4.90 Å². The lowest BCUT2D eigenvalue weighted by Crippen LogP contribution is -2.44. The number of nitrogens with one attached hydrogen (secondary N) is 1. The molecule has 2 aromatic rings. The van der Waals surface area contributed by atoms with Crippen molar-refractivity contribution < 1.29 is 9.59 Å². The molecule has 0 radical (unpaired) electrons. The predicted molar refractivity (Wildman–Crippen MR) is 108 cm³/mol. The van der Waals surface area contributed by atoms with Gasteiger partial charge < -0.3 is 10.2 Å². The van der Waals surface area contributed by atoms with Crippen LogP contribution in [-0.4, -0.2) is 34.4 Å². The average Bonchev–Trinajstić information content (AvgIpc) is 3.11. The van der Waals surface area contributed by atoms with E-state index in [4.69, 9.17) is 11.6 Å². The van der Waals surface area contributed by atoms with Gasteiger partial charge in [0.2, 0.25) is 11.8 Å². The molecule has 1 saturated heterocycles. The van der Waals surface area contributed by atoms with Crippen LogP contribution in [0.2, 0.25) is 5.02 Å². The average molecular weight is 389 g/mol. The third-order valence-electron chi connectivity index (χ3n) is 4.33. The predicted octanol–water partition coefficient (Wildman–Crippen LogP) is 4.12. The zero-order chi connectivity index (χ0) is 18.5. The quantitative estimate of drug-likeness (QED) is 0.838. The van der Waals surface area contributed by atoms with E-state index < -0.39 is 6.04 Å². The number of halogens is 1. The number of anilines is 1. The summed E-state index contributed by atoms with van der Waals surface area (Å²) in [5, 5.41) is 3.61. The van der Waals surface area contributed by atoms with Crippen LogP contribution >= 0.6 is 23.4 Å². The van der Waals surface area contributed by atoms with Crippen molar-refractivity contribution in [3.05, 3.63) is 64.7 Å². The Kier molecular flexibility index (Phi) is 6.22. The molecule has 1 heterocycles. The number of rotatable bonds is 5. The second kappa shape index (κ2) is 8.60. The van der Waals surface area contributed by atoms with Gasteiger partial charge in [-0.25, -0.2) is 0 Å². The number of carbonyl (C=O) groups is 2. The van der Waals surface area contributed by atoms with Crippen molar-refractivity contribution in [2.45, 2.75) is 25.8 Å². The second-order valence-corrected chi connectivity index (χ2v) is 7.80. The summed E-state index contributed by atoms with van der Waals surface area (Å²) in [4.78, 5) is 26.9. The van der Waals surface area contributed by atoms with Gasteiger partial charge in [-0.3, -0.25) is 9.59 Å². The number of benzene rings is 2. The number of aryl methyl sites for hydroxylation is 2. The molecule has 1 atom stereocenters. The van der Waals surface area contributed by atoms with Crippen LogP contribution in [0.4, 0.5) is 5.69 Å². The lowest BCUT2D eigenvalue weighted by atomic mass is 10.1. The molecule has 136 valence electrons. The fourth-order valence-corrected chi connectivity index (χ4v) is 4.21. The first-order chi connectivity index (χ1) is 12.5. The van der Waals surface area contributed by atoms with Gasteiger partial charge in [-0.2, -0.15) is 0 Å². The molecule has 0 aliphatic carbocycles. The van der Waals surface area contributed by atoms with Crippen molar-refractivity contribution in [3.63, 3.8) is 0 Å². The van der Waals surface area contributed by atoms with E-state index in [-0.39, 0.29) is 11.8 Å². The van der Waals surface area contributed by atoms with Gasteiger partial charge in [0, 0.05) is 22.9 Å². The molecule has 0 aromatic heterocycles. The molecule has 1 aliphatic rings. The van der Waals surface area contributed by atoms with Crippen LogP contribution < -0.4 is 5.32 Å². The Hall–Kier alpha value is -1.98. The van der Waals surface area contributed by atoms with Gasteiger partial charge in [0.1, 0.15) is 6.04 Å². The molecule has 0 spiro atoms. The Morgan fingerprint density at radius 2 is 2.00 bits per heavy atom. The van der Waals surface area contributed by atoms with E-state index in [2.05, 4.69) is 5.32 Å². The Labute approximate surface area is 162 Å². The highest BCUT2D eigenvalue weighted by Gasteiger charge is 2.34. The molecule has 3 rings (SSSR count). The van der Waals surface area contributed by atoms with Crippen LogP contribution in [0.5, 0.6) is 0 Å². The van der Waals surface area contributed by atoms with Crippen LogP contribution in [0.1, 0.15) is 17.5 Å². The van der Waals surface area contributed by atoms with E-state index >= 15 is 0 Å². The summed E-state index contributed by atoms with van der Waals surface area (Å²) in [5.74, 6) is 1.07. The molecule has 0 bridgehead atoms. The molecule has 1 N–H and O–H groups in total. The Bertz CT molecular complexity index is 795. The maximum atomic E-state index is 12.6. The van der Waals surface area contributed by atoms with Crippen molar-refractivity contribution in [2.75, 3.05) is 16.9 Å². The second-order valence-electron chi connectivity index (χ2n) is 6.36. The number of hydrogen-bond donors (Lipinski definition) is 1. The Morgan fingerprint density at radius 1 is 1.23 bits per heavy atom. The molecule has 1 fully saturated rings. The topological polar surface area (TPSA) is 49.4 Å². The summed E-state index contributed by atoms with van der Waals surface area (Å²) in [7, 11) is 0.